The van der Waals surface area contributed by atoms with E-state index in [2.05, 4.69) is 15.7 Å². The van der Waals surface area contributed by atoms with Crippen LogP contribution in [0.5, 0.6) is 0 Å². The molecule has 2 atom stereocenters. The smallest absolute Gasteiger partial charge is 0.325 e. The van der Waals surface area contributed by atoms with Crippen LogP contribution in [0.2, 0.25) is 0 Å². The third-order valence-electron chi connectivity index (χ3n) is 4.18. The highest BCUT2D eigenvalue weighted by atomic mass is 16.4. The highest BCUT2D eigenvalue weighted by Gasteiger charge is 2.49. The summed E-state index contributed by atoms with van der Waals surface area (Å²) in [6, 6.07) is 5.38. The minimum atomic E-state index is -1.32. The number of nitrogens with two attached hydrogens (primary N) is 1. The second-order valence-electron chi connectivity index (χ2n) is 6.41. The van der Waals surface area contributed by atoms with Crippen LogP contribution in [0.4, 0.5) is 4.79 Å². The molecular weight excluding hydrogens is 354 g/mol. The van der Waals surface area contributed by atoms with Crippen LogP contribution >= 0.6 is 0 Å². The normalized spacial score (nSPS) is 20.6. The Morgan fingerprint density at radius 3 is 2.56 bits per heavy atom. The van der Waals surface area contributed by atoms with Crippen LogP contribution in [0.25, 0.3) is 0 Å². The van der Waals surface area contributed by atoms with Gasteiger partial charge in [-0.15, -0.1) is 0 Å². The molecule has 1 aliphatic heterocycles. The van der Waals surface area contributed by atoms with Crippen molar-refractivity contribution in [2.75, 3.05) is 6.54 Å². The summed E-state index contributed by atoms with van der Waals surface area (Å²) in [5.41, 5.74) is -0.0509. The van der Waals surface area contributed by atoms with Crippen LogP contribution in [0.3, 0.4) is 0 Å². The summed E-state index contributed by atoms with van der Waals surface area (Å²) >= 11 is 0. The molecule has 2 unspecified atom stereocenters. The molecule has 1 aromatic carbocycles. The number of benzene rings is 1. The summed E-state index contributed by atoms with van der Waals surface area (Å²) < 4.78 is 0. The number of carbonyl (C=O) groups is 4. The Kier molecular flexibility index (Phi) is 5.78. The molecule has 0 radical (unpaired) electrons. The molecule has 1 fully saturated rings. The highest BCUT2D eigenvalue weighted by molar-refractivity contribution is 6.09. The van der Waals surface area contributed by atoms with Crippen LogP contribution in [0.1, 0.15) is 31.4 Å². The van der Waals surface area contributed by atoms with Gasteiger partial charge in [0, 0.05) is 6.04 Å². The number of carboxylic acid groups (broad SMARTS) is 1. The molecule has 0 bridgehead atoms. The molecule has 0 aliphatic carbocycles. The van der Waals surface area contributed by atoms with E-state index in [1.54, 1.807) is 31.2 Å². The van der Waals surface area contributed by atoms with Crippen molar-refractivity contribution in [2.45, 2.75) is 31.8 Å². The average Bonchev–Trinajstić information content (AvgIpc) is 2.79. The number of nitrogens with zero attached hydrogens (tertiary/aromatic N) is 2. The zero-order valence-electron chi connectivity index (χ0n) is 14.9. The number of hydrogen-bond donors (Lipinski definition) is 4. The van der Waals surface area contributed by atoms with E-state index < -0.39 is 41.9 Å². The SMILES string of the molecule is CC(CC(=O)O)NC(=O)CN1C(=O)NC(C)(c2ccc(C=NN)cc2)C1=O. The minimum absolute atomic E-state index is 0.262. The second kappa shape index (κ2) is 7.85. The quantitative estimate of drug-likeness (QED) is 0.222. The first-order chi connectivity index (χ1) is 12.7. The summed E-state index contributed by atoms with van der Waals surface area (Å²) in [7, 11) is 0. The van der Waals surface area contributed by atoms with E-state index in [9.17, 15) is 19.2 Å². The van der Waals surface area contributed by atoms with Gasteiger partial charge >= 0.3 is 12.0 Å². The maximum atomic E-state index is 12.8. The monoisotopic (exact) mass is 375 g/mol. The molecule has 5 N–H and O–H groups in total. The molecule has 10 nitrogen and oxygen atoms in total. The van der Waals surface area contributed by atoms with Crippen molar-refractivity contribution in [2.24, 2.45) is 10.9 Å². The van der Waals surface area contributed by atoms with Crippen molar-refractivity contribution < 1.29 is 24.3 Å². The third kappa shape index (κ3) is 4.40. The third-order valence-corrected chi connectivity index (χ3v) is 4.18. The van der Waals surface area contributed by atoms with Crippen molar-refractivity contribution in [1.29, 1.82) is 0 Å². The number of rotatable bonds is 7. The van der Waals surface area contributed by atoms with Gasteiger partial charge in [0.1, 0.15) is 12.1 Å². The lowest BCUT2D eigenvalue weighted by Crippen LogP contribution is -2.45. The van der Waals surface area contributed by atoms with Gasteiger partial charge in [-0.05, 0) is 25.0 Å². The Hall–Kier alpha value is -3.43. The molecule has 0 aromatic heterocycles. The lowest BCUT2D eigenvalue weighted by molar-refractivity contribution is -0.138. The molecule has 1 heterocycles. The van der Waals surface area contributed by atoms with Gasteiger partial charge in [0.2, 0.25) is 5.91 Å². The van der Waals surface area contributed by atoms with Gasteiger partial charge in [0.05, 0.1) is 12.6 Å². The largest absolute Gasteiger partial charge is 0.481 e. The molecule has 144 valence electrons. The lowest BCUT2D eigenvalue weighted by atomic mass is 9.91. The van der Waals surface area contributed by atoms with Crippen molar-refractivity contribution in [3.8, 4) is 0 Å². The maximum Gasteiger partial charge on any atom is 0.325 e. The van der Waals surface area contributed by atoms with Crippen LogP contribution in [-0.2, 0) is 19.9 Å². The van der Waals surface area contributed by atoms with Gasteiger partial charge in [0.15, 0.2) is 0 Å². The van der Waals surface area contributed by atoms with E-state index in [0.717, 1.165) is 10.5 Å². The number of carboxylic acids is 1. The van der Waals surface area contributed by atoms with Crippen molar-refractivity contribution in [1.82, 2.24) is 15.5 Å². The number of urea groups is 1. The van der Waals surface area contributed by atoms with E-state index in [-0.39, 0.29) is 6.42 Å². The van der Waals surface area contributed by atoms with E-state index in [0.29, 0.717) is 5.56 Å². The first kappa shape index (κ1) is 19.9. The average molecular weight is 375 g/mol. The summed E-state index contributed by atoms with van der Waals surface area (Å²) in [5, 5.41) is 17.2. The molecule has 4 amide bonds. The molecule has 1 aromatic rings. The predicted octanol–water partition coefficient (Wildman–Crippen LogP) is -0.274. The fourth-order valence-electron chi connectivity index (χ4n) is 2.80. The summed E-state index contributed by atoms with van der Waals surface area (Å²) in [5.74, 6) is 2.84. The van der Waals surface area contributed by atoms with Crippen LogP contribution in [0.15, 0.2) is 29.4 Å². The Labute approximate surface area is 155 Å². The number of aliphatic carboxylic acids is 1. The summed E-state index contributed by atoms with van der Waals surface area (Å²) in [6.07, 6.45) is 1.18. The predicted molar refractivity (Wildman–Crippen MR) is 95.7 cm³/mol. The molecule has 0 saturated carbocycles. The Morgan fingerprint density at radius 2 is 2.00 bits per heavy atom. The highest BCUT2D eigenvalue weighted by Crippen LogP contribution is 2.28. The van der Waals surface area contributed by atoms with Crippen LogP contribution in [-0.4, -0.2) is 52.6 Å². The number of nitrogens with one attached hydrogen (secondary N) is 2. The van der Waals surface area contributed by atoms with E-state index >= 15 is 0 Å². The fraction of sp³-hybridized carbons (Fsp3) is 0.353. The van der Waals surface area contributed by atoms with E-state index in [4.69, 9.17) is 10.9 Å². The zero-order chi connectivity index (χ0) is 20.2. The Morgan fingerprint density at radius 1 is 1.37 bits per heavy atom. The van der Waals surface area contributed by atoms with Crippen molar-refractivity contribution in [3.05, 3.63) is 35.4 Å². The lowest BCUT2D eigenvalue weighted by Gasteiger charge is -2.22. The standard InChI is InChI=1S/C17H21N5O5/c1-10(7-14(24)25)20-13(23)9-22-15(26)17(2,21-16(22)27)12-5-3-11(4-6-12)8-19-18/h3-6,8,10H,7,9,18H2,1-2H3,(H,20,23)(H,21,27)(H,24,25). The second-order valence-corrected chi connectivity index (χ2v) is 6.41. The van der Waals surface area contributed by atoms with Gasteiger partial charge in [0.25, 0.3) is 5.91 Å². The number of hydrogen-bond acceptors (Lipinski definition) is 6. The van der Waals surface area contributed by atoms with Crippen molar-refractivity contribution >= 4 is 30.0 Å². The van der Waals surface area contributed by atoms with Gasteiger partial charge in [-0.25, -0.2) is 4.79 Å². The summed E-state index contributed by atoms with van der Waals surface area (Å²) in [6.45, 7) is 2.57. The minimum Gasteiger partial charge on any atom is -0.481 e. The molecule has 27 heavy (non-hydrogen) atoms. The molecule has 0 spiro atoms. The first-order valence-electron chi connectivity index (χ1n) is 8.16. The van der Waals surface area contributed by atoms with Crippen molar-refractivity contribution in [3.63, 3.8) is 0 Å². The molecule has 10 heteroatoms. The number of hydrazone groups is 1. The first-order valence-corrected chi connectivity index (χ1v) is 8.16. The molecule has 1 aliphatic rings. The van der Waals surface area contributed by atoms with Crippen LogP contribution < -0.4 is 16.5 Å². The van der Waals surface area contributed by atoms with E-state index in [1.807, 2.05) is 0 Å². The number of carbonyl (C=O) groups excluding carboxylic acids is 3. The topological polar surface area (TPSA) is 154 Å². The number of imide groups is 1. The maximum absolute atomic E-state index is 12.8. The van der Waals surface area contributed by atoms with Crippen LogP contribution in [0, 0.1) is 0 Å². The van der Waals surface area contributed by atoms with Gasteiger partial charge in [-0.2, -0.15) is 5.10 Å². The van der Waals surface area contributed by atoms with Gasteiger partial charge in [-0.1, -0.05) is 24.3 Å². The van der Waals surface area contributed by atoms with Gasteiger partial charge < -0.3 is 21.6 Å². The molecular formula is C17H21N5O5. The Bertz CT molecular complexity index is 791. The summed E-state index contributed by atoms with van der Waals surface area (Å²) in [4.78, 5) is 48.5. The molecule has 1 saturated heterocycles. The Balaban J connectivity index is 2.11. The van der Waals surface area contributed by atoms with E-state index in [1.165, 1.54) is 13.1 Å². The fourth-order valence-corrected chi connectivity index (χ4v) is 2.80. The van der Waals surface area contributed by atoms with Gasteiger partial charge in [-0.3, -0.25) is 19.3 Å². The zero-order valence-corrected chi connectivity index (χ0v) is 14.9. The number of amides is 4. The molecule has 2 rings (SSSR count).